The van der Waals surface area contributed by atoms with Gasteiger partial charge >= 0.3 is 0 Å². The summed E-state index contributed by atoms with van der Waals surface area (Å²) in [5, 5.41) is 0. The summed E-state index contributed by atoms with van der Waals surface area (Å²) in [6.07, 6.45) is 0. The predicted octanol–water partition coefficient (Wildman–Crippen LogP) is 2.83. The standard InChI is InChI=1S/C14H14N2OS/c15-12-7-6-10(8-13(12)16)14(17)9-18-11-4-2-1-3-5-11/h1-8H,9,15-16H2. The van der Waals surface area contributed by atoms with Crippen LogP contribution in [0.3, 0.4) is 0 Å². The van der Waals surface area contributed by atoms with Crippen molar-refractivity contribution in [2.45, 2.75) is 4.90 Å². The molecule has 2 aromatic rings. The summed E-state index contributed by atoms with van der Waals surface area (Å²) >= 11 is 1.51. The van der Waals surface area contributed by atoms with Gasteiger partial charge in [0.2, 0.25) is 0 Å². The second-order valence-corrected chi connectivity index (χ2v) is 4.92. The van der Waals surface area contributed by atoms with E-state index in [1.54, 1.807) is 18.2 Å². The van der Waals surface area contributed by atoms with Gasteiger partial charge in [0.05, 0.1) is 17.1 Å². The molecule has 0 aliphatic carbocycles. The van der Waals surface area contributed by atoms with Gasteiger partial charge in [0.1, 0.15) is 0 Å². The van der Waals surface area contributed by atoms with Crippen molar-refractivity contribution >= 4 is 28.9 Å². The summed E-state index contributed by atoms with van der Waals surface area (Å²) in [5.41, 5.74) is 12.8. The molecule has 0 bridgehead atoms. The third-order valence-corrected chi connectivity index (χ3v) is 3.53. The van der Waals surface area contributed by atoms with Crippen LogP contribution >= 0.6 is 11.8 Å². The zero-order valence-electron chi connectivity index (χ0n) is 9.80. The van der Waals surface area contributed by atoms with Crippen LogP contribution in [0.25, 0.3) is 0 Å². The first-order chi connectivity index (χ1) is 8.66. The normalized spacial score (nSPS) is 10.2. The molecule has 0 spiro atoms. The van der Waals surface area contributed by atoms with E-state index in [0.717, 1.165) is 4.90 Å². The van der Waals surface area contributed by atoms with Gasteiger partial charge in [-0.25, -0.2) is 0 Å². The average molecular weight is 258 g/mol. The highest BCUT2D eigenvalue weighted by molar-refractivity contribution is 8.00. The largest absolute Gasteiger partial charge is 0.397 e. The Labute approximate surface area is 110 Å². The average Bonchev–Trinajstić information content (AvgIpc) is 2.40. The van der Waals surface area contributed by atoms with Gasteiger partial charge in [-0.2, -0.15) is 0 Å². The Bertz CT molecular complexity index is 555. The van der Waals surface area contributed by atoms with Gasteiger partial charge in [0.15, 0.2) is 5.78 Å². The predicted molar refractivity (Wildman–Crippen MR) is 76.8 cm³/mol. The van der Waals surface area contributed by atoms with Gasteiger partial charge in [-0.3, -0.25) is 4.79 Å². The molecule has 0 fully saturated rings. The number of carbonyl (C=O) groups excluding carboxylic acids is 1. The van der Waals surface area contributed by atoms with Crippen LogP contribution in [0, 0.1) is 0 Å². The molecule has 0 atom stereocenters. The molecule has 2 aromatic carbocycles. The molecule has 0 amide bonds. The lowest BCUT2D eigenvalue weighted by Gasteiger charge is -2.04. The van der Waals surface area contributed by atoms with Crippen LogP contribution in [0.1, 0.15) is 10.4 Å². The molecule has 0 aliphatic heterocycles. The fourth-order valence-corrected chi connectivity index (χ4v) is 2.31. The van der Waals surface area contributed by atoms with E-state index in [1.807, 2.05) is 30.3 Å². The number of nitrogen functional groups attached to an aromatic ring is 2. The number of benzene rings is 2. The Balaban J connectivity index is 2.02. The van der Waals surface area contributed by atoms with Crippen molar-refractivity contribution in [3.05, 3.63) is 54.1 Å². The van der Waals surface area contributed by atoms with E-state index < -0.39 is 0 Å². The highest BCUT2D eigenvalue weighted by atomic mass is 32.2. The molecule has 0 aromatic heterocycles. The molecule has 0 aliphatic rings. The van der Waals surface area contributed by atoms with E-state index >= 15 is 0 Å². The fourth-order valence-electron chi connectivity index (χ4n) is 1.50. The zero-order chi connectivity index (χ0) is 13.0. The van der Waals surface area contributed by atoms with Crippen molar-refractivity contribution in [1.29, 1.82) is 0 Å². The first-order valence-electron chi connectivity index (χ1n) is 5.53. The highest BCUT2D eigenvalue weighted by Gasteiger charge is 2.08. The fraction of sp³-hybridized carbons (Fsp3) is 0.0714. The molecule has 18 heavy (non-hydrogen) atoms. The minimum absolute atomic E-state index is 0.0514. The van der Waals surface area contributed by atoms with E-state index in [2.05, 4.69) is 0 Å². The number of carbonyl (C=O) groups is 1. The zero-order valence-corrected chi connectivity index (χ0v) is 10.6. The van der Waals surface area contributed by atoms with Crippen molar-refractivity contribution in [2.24, 2.45) is 0 Å². The first-order valence-corrected chi connectivity index (χ1v) is 6.51. The molecule has 92 valence electrons. The monoisotopic (exact) mass is 258 g/mol. The highest BCUT2D eigenvalue weighted by Crippen LogP contribution is 2.21. The molecule has 0 heterocycles. The van der Waals surface area contributed by atoms with Crippen molar-refractivity contribution in [1.82, 2.24) is 0 Å². The molecule has 4 heteroatoms. The Morgan fingerprint density at radius 1 is 1.00 bits per heavy atom. The van der Waals surface area contributed by atoms with Gasteiger partial charge < -0.3 is 11.5 Å². The minimum atomic E-state index is 0.0514. The van der Waals surface area contributed by atoms with Gasteiger partial charge in [0, 0.05) is 10.5 Å². The SMILES string of the molecule is Nc1ccc(C(=O)CSc2ccccc2)cc1N. The quantitative estimate of drug-likeness (QED) is 0.502. The van der Waals surface area contributed by atoms with Crippen LogP contribution in [-0.2, 0) is 0 Å². The van der Waals surface area contributed by atoms with Crippen molar-refractivity contribution in [2.75, 3.05) is 17.2 Å². The van der Waals surface area contributed by atoms with Crippen LogP contribution in [0.2, 0.25) is 0 Å². The summed E-state index contributed by atoms with van der Waals surface area (Å²) in [6, 6.07) is 14.8. The number of rotatable bonds is 4. The number of Topliss-reactive ketones (excluding diaryl/α,β-unsaturated/α-hetero) is 1. The Morgan fingerprint density at radius 3 is 2.39 bits per heavy atom. The number of thioether (sulfide) groups is 1. The van der Waals surface area contributed by atoms with E-state index in [9.17, 15) is 4.79 Å². The third kappa shape index (κ3) is 3.05. The van der Waals surface area contributed by atoms with Gasteiger partial charge in [0.25, 0.3) is 0 Å². The van der Waals surface area contributed by atoms with Crippen LogP contribution in [0.5, 0.6) is 0 Å². The van der Waals surface area contributed by atoms with Gasteiger partial charge in [-0.15, -0.1) is 11.8 Å². The van der Waals surface area contributed by atoms with E-state index in [0.29, 0.717) is 22.7 Å². The molecular formula is C14H14N2OS. The lowest BCUT2D eigenvalue weighted by molar-refractivity contribution is 0.102. The number of hydrogen-bond donors (Lipinski definition) is 2. The lowest BCUT2D eigenvalue weighted by Crippen LogP contribution is -2.04. The Kier molecular flexibility index (Phi) is 3.89. The summed E-state index contributed by atoms with van der Waals surface area (Å²) in [5.74, 6) is 0.448. The third-order valence-electron chi connectivity index (χ3n) is 2.52. The minimum Gasteiger partial charge on any atom is -0.397 e. The second kappa shape index (κ2) is 5.60. The van der Waals surface area contributed by atoms with Crippen molar-refractivity contribution < 1.29 is 4.79 Å². The number of anilines is 2. The van der Waals surface area contributed by atoms with E-state index in [-0.39, 0.29) is 5.78 Å². The molecule has 4 N–H and O–H groups in total. The number of nitrogens with two attached hydrogens (primary N) is 2. The first kappa shape index (κ1) is 12.5. The molecule has 0 unspecified atom stereocenters. The smallest absolute Gasteiger partial charge is 0.173 e. The molecule has 2 rings (SSSR count). The summed E-state index contributed by atoms with van der Waals surface area (Å²) < 4.78 is 0. The van der Waals surface area contributed by atoms with Crippen molar-refractivity contribution in [3.8, 4) is 0 Å². The summed E-state index contributed by atoms with van der Waals surface area (Å²) in [6.45, 7) is 0. The molecular weight excluding hydrogens is 244 g/mol. The maximum atomic E-state index is 12.0. The molecule has 3 nitrogen and oxygen atoms in total. The topological polar surface area (TPSA) is 69.1 Å². The van der Waals surface area contributed by atoms with Crippen LogP contribution in [0.4, 0.5) is 11.4 Å². The van der Waals surface area contributed by atoms with Gasteiger partial charge in [-0.05, 0) is 30.3 Å². The van der Waals surface area contributed by atoms with Crippen LogP contribution in [0.15, 0.2) is 53.4 Å². The molecule has 0 saturated carbocycles. The van der Waals surface area contributed by atoms with E-state index in [4.69, 9.17) is 11.5 Å². The van der Waals surface area contributed by atoms with Crippen LogP contribution < -0.4 is 11.5 Å². The maximum Gasteiger partial charge on any atom is 0.173 e. The Hall–Kier alpha value is -1.94. The lowest BCUT2D eigenvalue weighted by atomic mass is 10.1. The summed E-state index contributed by atoms with van der Waals surface area (Å²) in [7, 11) is 0. The maximum absolute atomic E-state index is 12.0. The number of ketones is 1. The van der Waals surface area contributed by atoms with Gasteiger partial charge in [-0.1, -0.05) is 18.2 Å². The van der Waals surface area contributed by atoms with Crippen molar-refractivity contribution in [3.63, 3.8) is 0 Å². The van der Waals surface area contributed by atoms with E-state index in [1.165, 1.54) is 11.8 Å². The Morgan fingerprint density at radius 2 is 1.72 bits per heavy atom. The summed E-state index contributed by atoms with van der Waals surface area (Å²) in [4.78, 5) is 13.0. The number of hydrogen-bond acceptors (Lipinski definition) is 4. The second-order valence-electron chi connectivity index (χ2n) is 3.87. The van der Waals surface area contributed by atoms with Crippen LogP contribution in [-0.4, -0.2) is 11.5 Å². The molecule has 0 saturated heterocycles. The molecule has 0 radical (unpaired) electrons.